The summed E-state index contributed by atoms with van der Waals surface area (Å²) in [6.07, 6.45) is -2.21. The molecule has 0 aliphatic rings. The molecule has 0 unspecified atom stereocenters. The van der Waals surface area contributed by atoms with E-state index >= 15 is 0 Å². The van der Waals surface area contributed by atoms with Gasteiger partial charge in [-0.25, -0.2) is 0 Å². The van der Waals surface area contributed by atoms with Gasteiger partial charge in [0.05, 0.1) is 11.1 Å². The van der Waals surface area contributed by atoms with Crippen molar-refractivity contribution >= 4 is 33.8 Å². The number of hydrogen-bond donors (Lipinski definition) is 2. The monoisotopic (exact) mass is 412 g/mol. The molecule has 130 valence electrons. The third kappa shape index (κ3) is 5.46. The molecule has 0 aromatic heterocycles. The molecule has 0 aliphatic carbocycles. The number of alkyl halides is 3. The van der Waals surface area contributed by atoms with E-state index in [9.17, 15) is 22.8 Å². The number of nitrogens with one attached hydrogen (secondary N) is 2. The van der Waals surface area contributed by atoms with Gasteiger partial charge in [-0.05, 0) is 51.8 Å². The second kappa shape index (κ2) is 7.98. The lowest BCUT2D eigenvalue weighted by atomic mass is 10.1. The number of carbonyl (C=O) groups is 2. The van der Waals surface area contributed by atoms with Gasteiger partial charge in [0.1, 0.15) is 0 Å². The van der Waals surface area contributed by atoms with Gasteiger partial charge in [-0.1, -0.05) is 24.3 Å². The normalized spacial score (nSPS) is 11.4. The molecule has 0 radical (unpaired) electrons. The topological polar surface area (TPSA) is 58.2 Å². The van der Waals surface area contributed by atoms with Crippen LogP contribution in [0, 0.1) is 0 Å². The zero-order valence-electron chi connectivity index (χ0n) is 12.6. The Kier molecular flexibility index (Phi) is 5.97. The first-order chi connectivity index (χ1) is 11.8. The van der Waals surface area contributed by atoms with Crippen molar-refractivity contribution in [3.05, 3.63) is 75.8 Å². The minimum absolute atomic E-state index is 0.210. The lowest BCUT2D eigenvalue weighted by Crippen LogP contribution is -2.40. The zero-order chi connectivity index (χ0) is 18.4. The highest BCUT2D eigenvalue weighted by atomic mass is 79.9. The maximum Gasteiger partial charge on any atom is 0.416 e. The number of hydrazine groups is 1. The van der Waals surface area contributed by atoms with Gasteiger partial charge >= 0.3 is 6.18 Å². The van der Waals surface area contributed by atoms with Crippen LogP contribution in [0.1, 0.15) is 21.5 Å². The van der Waals surface area contributed by atoms with Gasteiger partial charge < -0.3 is 0 Å². The van der Waals surface area contributed by atoms with Crippen molar-refractivity contribution in [1.82, 2.24) is 10.9 Å². The highest BCUT2D eigenvalue weighted by Gasteiger charge is 2.30. The summed E-state index contributed by atoms with van der Waals surface area (Å²) in [6, 6.07) is 11.2. The summed E-state index contributed by atoms with van der Waals surface area (Å²) in [5.41, 5.74) is 4.09. The number of hydrogen-bond acceptors (Lipinski definition) is 2. The van der Waals surface area contributed by atoms with E-state index in [4.69, 9.17) is 0 Å². The van der Waals surface area contributed by atoms with E-state index in [1.165, 1.54) is 18.2 Å². The van der Waals surface area contributed by atoms with E-state index in [-0.39, 0.29) is 5.56 Å². The fourth-order valence-electron chi connectivity index (χ4n) is 1.86. The maximum atomic E-state index is 12.6. The second-order valence-corrected chi connectivity index (χ2v) is 5.73. The predicted octanol–water partition coefficient (Wildman–Crippen LogP) is 3.94. The molecule has 25 heavy (non-hydrogen) atoms. The first-order valence-electron chi connectivity index (χ1n) is 6.97. The van der Waals surface area contributed by atoms with Crippen LogP contribution in [-0.4, -0.2) is 11.8 Å². The summed E-state index contributed by atoms with van der Waals surface area (Å²) in [7, 11) is 0. The highest BCUT2D eigenvalue weighted by Crippen LogP contribution is 2.29. The first-order valence-corrected chi connectivity index (χ1v) is 7.77. The van der Waals surface area contributed by atoms with E-state index in [0.717, 1.165) is 18.2 Å². The molecule has 2 rings (SSSR count). The third-order valence-electron chi connectivity index (χ3n) is 3.06. The maximum absolute atomic E-state index is 12.6. The Bertz CT molecular complexity index is 820. The lowest BCUT2D eigenvalue weighted by molar-refractivity contribution is -0.137. The van der Waals surface area contributed by atoms with E-state index in [0.29, 0.717) is 10.0 Å². The van der Waals surface area contributed by atoms with Gasteiger partial charge in [-0.15, -0.1) is 0 Å². The van der Waals surface area contributed by atoms with E-state index in [2.05, 4.69) is 26.8 Å². The highest BCUT2D eigenvalue weighted by molar-refractivity contribution is 9.10. The van der Waals surface area contributed by atoms with Crippen molar-refractivity contribution in [2.75, 3.05) is 0 Å². The van der Waals surface area contributed by atoms with Crippen molar-refractivity contribution in [1.29, 1.82) is 0 Å². The Morgan fingerprint density at radius 3 is 2.40 bits per heavy atom. The molecule has 0 saturated heterocycles. The molecule has 0 aliphatic heterocycles. The minimum Gasteiger partial charge on any atom is -0.268 e. The average molecular weight is 413 g/mol. The SMILES string of the molecule is O=C(/C=C/c1cccc(C(F)(F)F)c1)NNC(=O)c1ccccc1Br. The van der Waals surface area contributed by atoms with E-state index in [1.54, 1.807) is 24.3 Å². The molecule has 0 bridgehead atoms. The van der Waals surface area contributed by atoms with Gasteiger partial charge in [-0.3, -0.25) is 20.4 Å². The molecule has 0 saturated carbocycles. The Morgan fingerprint density at radius 1 is 1.00 bits per heavy atom. The smallest absolute Gasteiger partial charge is 0.268 e. The molecule has 0 spiro atoms. The molecule has 8 heteroatoms. The van der Waals surface area contributed by atoms with Crippen LogP contribution in [0.2, 0.25) is 0 Å². The summed E-state index contributed by atoms with van der Waals surface area (Å²) in [5, 5.41) is 0. The van der Waals surface area contributed by atoms with Gasteiger partial charge in [0.25, 0.3) is 11.8 Å². The van der Waals surface area contributed by atoms with Gasteiger partial charge in [-0.2, -0.15) is 13.2 Å². The Morgan fingerprint density at radius 2 is 1.72 bits per heavy atom. The van der Waals surface area contributed by atoms with Gasteiger partial charge in [0.15, 0.2) is 0 Å². The zero-order valence-corrected chi connectivity index (χ0v) is 14.2. The summed E-state index contributed by atoms with van der Waals surface area (Å²) in [6.45, 7) is 0. The predicted molar refractivity (Wildman–Crippen MR) is 90.2 cm³/mol. The van der Waals surface area contributed by atoms with E-state index < -0.39 is 23.6 Å². The summed E-state index contributed by atoms with van der Waals surface area (Å²) in [5.74, 6) is -1.22. The number of amides is 2. The quantitative estimate of drug-likeness (QED) is 0.592. The van der Waals surface area contributed by atoms with Gasteiger partial charge in [0, 0.05) is 10.5 Å². The van der Waals surface area contributed by atoms with Crippen LogP contribution in [0.4, 0.5) is 13.2 Å². The lowest BCUT2D eigenvalue weighted by Gasteiger charge is -2.07. The van der Waals surface area contributed by atoms with Crippen LogP contribution in [0.25, 0.3) is 6.08 Å². The van der Waals surface area contributed by atoms with Crippen molar-refractivity contribution < 1.29 is 22.8 Å². The van der Waals surface area contributed by atoms with Crippen LogP contribution in [-0.2, 0) is 11.0 Å². The summed E-state index contributed by atoms with van der Waals surface area (Å²) in [4.78, 5) is 23.6. The Balaban J connectivity index is 1.95. The Labute approximate surface area is 149 Å². The fraction of sp³-hybridized carbons (Fsp3) is 0.0588. The fourth-order valence-corrected chi connectivity index (χ4v) is 2.33. The molecule has 0 heterocycles. The molecule has 0 fully saturated rings. The second-order valence-electron chi connectivity index (χ2n) is 4.88. The number of halogens is 4. The van der Waals surface area contributed by atoms with Crippen molar-refractivity contribution in [2.24, 2.45) is 0 Å². The molecular weight excluding hydrogens is 401 g/mol. The Hall–Kier alpha value is -2.61. The van der Waals surface area contributed by atoms with Crippen LogP contribution >= 0.6 is 15.9 Å². The summed E-state index contributed by atoms with van der Waals surface area (Å²) >= 11 is 3.21. The standard InChI is InChI=1S/C17H12BrF3N2O2/c18-14-7-2-1-6-13(14)16(25)23-22-15(24)9-8-11-4-3-5-12(10-11)17(19,20)21/h1-10H,(H,22,24)(H,23,25)/b9-8+. The van der Waals surface area contributed by atoms with Crippen molar-refractivity contribution in [3.63, 3.8) is 0 Å². The minimum atomic E-state index is -4.46. The molecule has 2 amide bonds. The largest absolute Gasteiger partial charge is 0.416 e. The van der Waals surface area contributed by atoms with E-state index in [1.807, 2.05) is 0 Å². The number of carbonyl (C=O) groups excluding carboxylic acids is 2. The summed E-state index contributed by atoms with van der Waals surface area (Å²) < 4.78 is 38.4. The molecule has 2 aromatic rings. The van der Waals surface area contributed by atoms with Crippen LogP contribution in [0.5, 0.6) is 0 Å². The molecular formula is C17H12BrF3N2O2. The van der Waals surface area contributed by atoms with Crippen molar-refractivity contribution in [2.45, 2.75) is 6.18 Å². The average Bonchev–Trinajstić information content (AvgIpc) is 2.58. The van der Waals surface area contributed by atoms with Crippen LogP contribution in [0.3, 0.4) is 0 Å². The first kappa shape index (κ1) is 18.7. The molecule has 2 N–H and O–H groups in total. The third-order valence-corrected chi connectivity index (χ3v) is 3.75. The van der Waals surface area contributed by atoms with Crippen LogP contribution < -0.4 is 10.9 Å². The number of benzene rings is 2. The van der Waals surface area contributed by atoms with Crippen molar-refractivity contribution in [3.8, 4) is 0 Å². The van der Waals surface area contributed by atoms with Crippen LogP contribution in [0.15, 0.2) is 59.1 Å². The molecule has 0 atom stereocenters. The van der Waals surface area contributed by atoms with Gasteiger partial charge in [0.2, 0.25) is 0 Å². The molecule has 4 nitrogen and oxygen atoms in total. The number of rotatable bonds is 3. The molecule has 2 aromatic carbocycles.